The van der Waals surface area contributed by atoms with Gasteiger partial charge in [0.15, 0.2) is 0 Å². The molecule has 0 bridgehead atoms. The molecule has 1 rings (SSSR count). The highest BCUT2D eigenvalue weighted by molar-refractivity contribution is 5.51. The Balaban J connectivity index is 2.94. The Bertz CT molecular complexity index is 347. The molecule has 2 nitrogen and oxygen atoms in total. The fourth-order valence-corrected chi connectivity index (χ4v) is 2.22. The number of aryl methyl sites for hydroxylation is 1. The number of benzene rings is 1. The van der Waals surface area contributed by atoms with Crippen LogP contribution in [0.5, 0.6) is 0 Å². The molecule has 1 N–H and O–H groups in total. The van der Waals surface area contributed by atoms with Crippen molar-refractivity contribution < 1.29 is 0 Å². The maximum absolute atomic E-state index is 3.21. The first-order valence-electron chi connectivity index (χ1n) is 6.64. The maximum Gasteiger partial charge on any atom is 0.0371 e. The van der Waals surface area contributed by atoms with E-state index in [0.29, 0.717) is 6.04 Å². The number of hydrogen-bond donors (Lipinski definition) is 1. The molecule has 0 aliphatic carbocycles. The highest BCUT2D eigenvalue weighted by Gasteiger charge is 2.11. The van der Waals surface area contributed by atoms with Crippen LogP contribution in [-0.2, 0) is 6.54 Å². The highest BCUT2D eigenvalue weighted by Crippen LogP contribution is 2.22. The molecule has 0 aliphatic rings. The van der Waals surface area contributed by atoms with E-state index in [1.54, 1.807) is 0 Å². The molecule has 0 saturated heterocycles. The normalized spacial score (nSPS) is 12.5. The fraction of sp³-hybridized carbons (Fsp3) is 0.600. The molecule has 0 aliphatic heterocycles. The van der Waals surface area contributed by atoms with E-state index in [9.17, 15) is 0 Å². The van der Waals surface area contributed by atoms with Gasteiger partial charge in [0.1, 0.15) is 0 Å². The van der Waals surface area contributed by atoms with Crippen LogP contribution in [-0.4, -0.2) is 19.6 Å². The predicted molar refractivity (Wildman–Crippen MR) is 76.7 cm³/mol. The predicted octanol–water partition coefficient (Wildman–Crippen LogP) is 3.34. The number of nitrogens with one attached hydrogen (secondary N) is 1. The molecule has 0 spiro atoms. The van der Waals surface area contributed by atoms with Crippen LogP contribution in [0, 0.1) is 6.92 Å². The molecule has 1 atom stereocenters. The molecular formula is C15H26N2. The Morgan fingerprint density at radius 3 is 2.47 bits per heavy atom. The molecule has 1 aromatic rings. The Kier molecular flexibility index (Phi) is 5.49. The SMILES string of the molecule is CCC(C)N(CC)c1ccc(CNC)c(C)c1. The Morgan fingerprint density at radius 1 is 1.29 bits per heavy atom. The van der Waals surface area contributed by atoms with Gasteiger partial charge in [0.05, 0.1) is 0 Å². The van der Waals surface area contributed by atoms with Crippen molar-refractivity contribution >= 4 is 5.69 Å². The Labute approximate surface area is 106 Å². The summed E-state index contributed by atoms with van der Waals surface area (Å²) in [6, 6.07) is 7.40. The average Bonchev–Trinajstić information content (AvgIpc) is 2.33. The quantitative estimate of drug-likeness (QED) is 0.812. The van der Waals surface area contributed by atoms with E-state index >= 15 is 0 Å². The van der Waals surface area contributed by atoms with Crippen molar-refractivity contribution in [1.29, 1.82) is 0 Å². The molecule has 17 heavy (non-hydrogen) atoms. The van der Waals surface area contributed by atoms with E-state index in [4.69, 9.17) is 0 Å². The molecule has 1 aromatic carbocycles. The minimum atomic E-state index is 0.606. The van der Waals surface area contributed by atoms with Gasteiger partial charge in [-0.2, -0.15) is 0 Å². The zero-order valence-electron chi connectivity index (χ0n) is 11.9. The van der Waals surface area contributed by atoms with Crippen molar-refractivity contribution in [1.82, 2.24) is 5.32 Å². The summed E-state index contributed by atoms with van der Waals surface area (Å²) in [6.07, 6.45) is 1.19. The van der Waals surface area contributed by atoms with Gasteiger partial charge in [-0.05, 0) is 57.5 Å². The standard InChI is InChI=1S/C15H26N2/c1-6-13(4)17(7-2)15-9-8-14(11-16-5)12(3)10-15/h8-10,13,16H,6-7,11H2,1-5H3. The van der Waals surface area contributed by atoms with E-state index in [2.05, 4.69) is 56.1 Å². The van der Waals surface area contributed by atoms with Crippen molar-refractivity contribution in [3.63, 3.8) is 0 Å². The largest absolute Gasteiger partial charge is 0.369 e. The molecule has 96 valence electrons. The second kappa shape index (κ2) is 6.65. The van der Waals surface area contributed by atoms with E-state index in [1.807, 2.05) is 7.05 Å². The van der Waals surface area contributed by atoms with Crippen molar-refractivity contribution in [3.05, 3.63) is 29.3 Å². The first-order valence-corrected chi connectivity index (χ1v) is 6.64. The first kappa shape index (κ1) is 14.0. The van der Waals surface area contributed by atoms with Crippen LogP contribution in [0.3, 0.4) is 0 Å². The Hall–Kier alpha value is -1.02. The molecule has 0 radical (unpaired) electrons. The lowest BCUT2D eigenvalue weighted by atomic mass is 10.1. The molecule has 1 unspecified atom stereocenters. The zero-order chi connectivity index (χ0) is 12.8. The molecular weight excluding hydrogens is 208 g/mol. The van der Waals surface area contributed by atoms with E-state index in [-0.39, 0.29) is 0 Å². The molecule has 0 aromatic heterocycles. The maximum atomic E-state index is 3.21. The van der Waals surface area contributed by atoms with Gasteiger partial charge in [0, 0.05) is 24.8 Å². The van der Waals surface area contributed by atoms with E-state index in [0.717, 1.165) is 13.1 Å². The van der Waals surface area contributed by atoms with Gasteiger partial charge in [-0.3, -0.25) is 0 Å². The van der Waals surface area contributed by atoms with Crippen LogP contribution in [0.4, 0.5) is 5.69 Å². The summed E-state index contributed by atoms with van der Waals surface area (Å²) in [4.78, 5) is 2.47. The van der Waals surface area contributed by atoms with Crippen LogP contribution >= 0.6 is 0 Å². The van der Waals surface area contributed by atoms with Crippen molar-refractivity contribution in [2.75, 3.05) is 18.5 Å². The minimum absolute atomic E-state index is 0.606. The lowest BCUT2D eigenvalue weighted by Gasteiger charge is -2.30. The molecule has 0 fully saturated rings. The van der Waals surface area contributed by atoms with Crippen LogP contribution in [0.15, 0.2) is 18.2 Å². The van der Waals surface area contributed by atoms with Gasteiger partial charge in [0.2, 0.25) is 0 Å². The van der Waals surface area contributed by atoms with Crippen LogP contribution < -0.4 is 10.2 Å². The third-order valence-corrected chi connectivity index (χ3v) is 3.49. The van der Waals surface area contributed by atoms with Gasteiger partial charge in [-0.15, -0.1) is 0 Å². The second-order valence-electron chi connectivity index (χ2n) is 4.68. The van der Waals surface area contributed by atoms with Gasteiger partial charge in [-0.25, -0.2) is 0 Å². The summed E-state index contributed by atoms with van der Waals surface area (Å²) < 4.78 is 0. The third-order valence-electron chi connectivity index (χ3n) is 3.49. The first-order chi connectivity index (χ1) is 8.13. The minimum Gasteiger partial charge on any atom is -0.369 e. The van der Waals surface area contributed by atoms with Gasteiger partial charge < -0.3 is 10.2 Å². The average molecular weight is 234 g/mol. The number of hydrogen-bond acceptors (Lipinski definition) is 2. The monoisotopic (exact) mass is 234 g/mol. The zero-order valence-corrected chi connectivity index (χ0v) is 11.9. The number of anilines is 1. The lowest BCUT2D eigenvalue weighted by molar-refractivity contribution is 0.629. The van der Waals surface area contributed by atoms with Gasteiger partial charge in [0.25, 0.3) is 0 Å². The van der Waals surface area contributed by atoms with Gasteiger partial charge in [-0.1, -0.05) is 13.0 Å². The summed E-state index contributed by atoms with van der Waals surface area (Å²) >= 11 is 0. The second-order valence-corrected chi connectivity index (χ2v) is 4.68. The molecule has 2 heteroatoms. The van der Waals surface area contributed by atoms with E-state index < -0.39 is 0 Å². The molecule has 0 amide bonds. The highest BCUT2D eigenvalue weighted by atomic mass is 15.1. The van der Waals surface area contributed by atoms with Crippen LogP contribution in [0.25, 0.3) is 0 Å². The van der Waals surface area contributed by atoms with Crippen LogP contribution in [0.2, 0.25) is 0 Å². The summed E-state index contributed by atoms with van der Waals surface area (Å²) in [5, 5.41) is 3.21. The summed E-state index contributed by atoms with van der Waals surface area (Å²) in [5.41, 5.74) is 4.11. The number of nitrogens with zero attached hydrogens (tertiary/aromatic N) is 1. The summed E-state index contributed by atoms with van der Waals surface area (Å²) in [7, 11) is 1.99. The van der Waals surface area contributed by atoms with E-state index in [1.165, 1.54) is 23.2 Å². The summed E-state index contributed by atoms with van der Waals surface area (Å²) in [6.45, 7) is 11.0. The van der Waals surface area contributed by atoms with Gasteiger partial charge >= 0.3 is 0 Å². The summed E-state index contributed by atoms with van der Waals surface area (Å²) in [5.74, 6) is 0. The number of rotatable bonds is 6. The smallest absolute Gasteiger partial charge is 0.0371 e. The third kappa shape index (κ3) is 3.47. The van der Waals surface area contributed by atoms with Crippen LogP contribution in [0.1, 0.15) is 38.3 Å². The molecule has 0 saturated carbocycles. The topological polar surface area (TPSA) is 15.3 Å². The van der Waals surface area contributed by atoms with Crippen molar-refractivity contribution in [2.24, 2.45) is 0 Å². The fourth-order valence-electron chi connectivity index (χ4n) is 2.22. The van der Waals surface area contributed by atoms with Crippen molar-refractivity contribution in [2.45, 2.75) is 46.7 Å². The Morgan fingerprint density at radius 2 is 2.00 bits per heavy atom. The molecule has 0 heterocycles. The van der Waals surface area contributed by atoms with Crippen molar-refractivity contribution in [3.8, 4) is 0 Å². The lowest BCUT2D eigenvalue weighted by Crippen LogP contribution is -2.32.